The van der Waals surface area contributed by atoms with Crippen LogP contribution in [-0.4, -0.2) is 44.2 Å². The Hall–Kier alpha value is -3.23. The normalized spacial score (nSPS) is 12.1. The molecule has 1 atom stereocenters. The average molecular weight is 343 g/mol. The van der Waals surface area contributed by atoms with Crippen molar-refractivity contribution in [3.63, 3.8) is 0 Å². The highest BCUT2D eigenvalue weighted by Gasteiger charge is 2.20. The molecule has 3 aromatic rings. The third-order valence-electron chi connectivity index (χ3n) is 3.74. The minimum atomic E-state index is -0.801. The van der Waals surface area contributed by atoms with Crippen molar-refractivity contribution in [3.8, 4) is 11.4 Å². The summed E-state index contributed by atoms with van der Waals surface area (Å²) in [7, 11) is 1.26. The van der Waals surface area contributed by atoms with Crippen LogP contribution in [-0.2, 0) is 9.53 Å². The average Bonchev–Trinajstić information content (AvgIpc) is 3.07. The Morgan fingerprint density at radius 1 is 1.28 bits per heavy atom. The van der Waals surface area contributed by atoms with E-state index in [2.05, 4.69) is 20.0 Å². The molecule has 0 amide bonds. The van der Waals surface area contributed by atoms with Crippen LogP contribution in [0, 0.1) is 0 Å². The fourth-order valence-electron chi connectivity index (χ4n) is 2.41. The minimum Gasteiger partial charge on any atom is -0.494 e. The molecule has 3 rings (SSSR count). The van der Waals surface area contributed by atoms with Gasteiger partial charge in [0.2, 0.25) is 0 Å². The number of hydrogen-bond donors (Lipinski definition) is 0. The van der Waals surface area contributed by atoms with E-state index in [-0.39, 0.29) is 5.52 Å². The van der Waals surface area contributed by atoms with Gasteiger partial charge in [0.25, 0.3) is 5.56 Å². The van der Waals surface area contributed by atoms with Gasteiger partial charge in [-0.15, -0.1) is 5.10 Å². The number of nitrogens with zero attached hydrogens (tertiary/aromatic N) is 5. The molecule has 0 aliphatic heterocycles. The van der Waals surface area contributed by atoms with Crippen LogP contribution < -0.4 is 10.3 Å². The van der Waals surface area contributed by atoms with Crippen molar-refractivity contribution < 1.29 is 14.3 Å². The topological polar surface area (TPSA) is 101 Å². The standard InChI is InChI=1S/C16H17N5O4/c1-4-25-12-7-5-11(6-8-12)21-14-13(18-19-21)15(22)20(9-17-14)10(2)16(23)24-3/h5-10H,4H2,1-3H3/t10-/m0/s1. The SMILES string of the molecule is CCOc1ccc(-n2nnc3c(=O)n([C@@H](C)C(=O)OC)cnc32)cc1. The molecule has 9 nitrogen and oxygen atoms in total. The van der Waals surface area contributed by atoms with Crippen molar-refractivity contribution in [2.45, 2.75) is 19.9 Å². The van der Waals surface area contributed by atoms with Crippen LogP contribution in [0.2, 0.25) is 0 Å². The van der Waals surface area contributed by atoms with Crippen LogP contribution >= 0.6 is 0 Å². The van der Waals surface area contributed by atoms with E-state index in [9.17, 15) is 9.59 Å². The van der Waals surface area contributed by atoms with E-state index < -0.39 is 17.6 Å². The molecule has 0 aliphatic rings. The molecule has 0 spiro atoms. The van der Waals surface area contributed by atoms with Gasteiger partial charge in [0.05, 0.1) is 19.4 Å². The summed E-state index contributed by atoms with van der Waals surface area (Å²) in [5.74, 6) is 0.194. The molecule has 1 aromatic carbocycles. The maximum Gasteiger partial charge on any atom is 0.328 e. The third kappa shape index (κ3) is 2.95. The Balaban J connectivity index is 2.04. The van der Waals surface area contributed by atoms with Gasteiger partial charge in [0, 0.05) is 0 Å². The van der Waals surface area contributed by atoms with E-state index in [1.54, 1.807) is 31.2 Å². The van der Waals surface area contributed by atoms with Crippen molar-refractivity contribution in [1.82, 2.24) is 24.5 Å². The molecule has 130 valence electrons. The van der Waals surface area contributed by atoms with Crippen LogP contribution in [0.5, 0.6) is 5.75 Å². The van der Waals surface area contributed by atoms with E-state index in [1.807, 2.05) is 6.92 Å². The second-order valence-electron chi connectivity index (χ2n) is 5.26. The molecule has 0 saturated heterocycles. The lowest BCUT2D eigenvalue weighted by atomic mass is 10.3. The number of benzene rings is 1. The molecule has 0 bridgehead atoms. The zero-order valence-electron chi connectivity index (χ0n) is 14.0. The first-order chi connectivity index (χ1) is 12.1. The molecular formula is C16H17N5O4. The Kier molecular flexibility index (Phi) is 4.46. The number of hydrogen-bond acceptors (Lipinski definition) is 7. The Morgan fingerprint density at radius 3 is 2.64 bits per heavy atom. The largest absolute Gasteiger partial charge is 0.494 e. The van der Waals surface area contributed by atoms with Gasteiger partial charge in [0.15, 0.2) is 11.2 Å². The number of esters is 1. The smallest absolute Gasteiger partial charge is 0.328 e. The Labute approximate surface area is 142 Å². The maximum absolute atomic E-state index is 12.6. The summed E-state index contributed by atoms with van der Waals surface area (Å²) < 4.78 is 12.7. The zero-order chi connectivity index (χ0) is 18.0. The van der Waals surface area contributed by atoms with Gasteiger partial charge in [0.1, 0.15) is 18.1 Å². The number of rotatable bonds is 5. The molecular weight excluding hydrogens is 326 g/mol. The number of carbonyl (C=O) groups is 1. The summed E-state index contributed by atoms with van der Waals surface area (Å²) >= 11 is 0. The van der Waals surface area contributed by atoms with Crippen molar-refractivity contribution in [3.05, 3.63) is 40.9 Å². The zero-order valence-corrected chi connectivity index (χ0v) is 14.0. The lowest BCUT2D eigenvalue weighted by molar-refractivity contribution is -0.144. The molecule has 0 fully saturated rings. The van der Waals surface area contributed by atoms with Crippen LogP contribution in [0.25, 0.3) is 16.9 Å². The molecule has 0 aliphatic carbocycles. The first-order valence-corrected chi connectivity index (χ1v) is 7.70. The van der Waals surface area contributed by atoms with Crippen LogP contribution in [0.3, 0.4) is 0 Å². The predicted octanol–water partition coefficient (Wildman–Crippen LogP) is 1.11. The van der Waals surface area contributed by atoms with Gasteiger partial charge in [-0.2, -0.15) is 4.68 Å². The lowest BCUT2D eigenvalue weighted by Crippen LogP contribution is -2.29. The van der Waals surface area contributed by atoms with Gasteiger partial charge in [-0.1, -0.05) is 5.21 Å². The van der Waals surface area contributed by atoms with Crippen molar-refractivity contribution >= 4 is 17.1 Å². The summed E-state index contributed by atoms with van der Waals surface area (Å²) in [5, 5.41) is 7.92. The van der Waals surface area contributed by atoms with Crippen LogP contribution in [0.4, 0.5) is 0 Å². The minimum absolute atomic E-state index is 0.0761. The number of aromatic nitrogens is 5. The molecule has 0 saturated carbocycles. The third-order valence-corrected chi connectivity index (χ3v) is 3.74. The van der Waals surface area contributed by atoms with Crippen molar-refractivity contribution in [2.75, 3.05) is 13.7 Å². The Bertz CT molecular complexity index is 961. The first-order valence-electron chi connectivity index (χ1n) is 7.70. The van der Waals surface area contributed by atoms with E-state index in [4.69, 9.17) is 4.74 Å². The highest BCUT2D eigenvalue weighted by atomic mass is 16.5. The van der Waals surface area contributed by atoms with Crippen molar-refractivity contribution in [1.29, 1.82) is 0 Å². The fraction of sp³-hybridized carbons (Fsp3) is 0.312. The van der Waals surface area contributed by atoms with E-state index >= 15 is 0 Å². The number of ether oxygens (including phenoxy) is 2. The van der Waals surface area contributed by atoms with E-state index in [1.165, 1.54) is 22.7 Å². The highest BCUT2D eigenvalue weighted by molar-refractivity contribution is 5.75. The molecule has 0 unspecified atom stereocenters. The summed E-state index contributed by atoms with van der Waals surface area (Å²) in [6.45, 7) is 4.03. The first kappa shape index (κ1) is 16.6. The van der Waals surface area contributed by atoms with Crippen LogP contribution in [0.15, 0.2) is 35.4 Å². The summed E-state index contributed by atoms with van der Waals surface area (Å²) in [5.41, 5.74) is 0.617. The van der Waals surface area contributed by atoms with Gasteiger partial charge < -0.3 is 9.47 Å². The second kappa shape index (κ2) is 6.71. The van der Waals surface area contributed by atoms with Gasteiger partial charge >= 0.3 is 5.97 Å². The summed E-state index contributed by atoms with van der Waals surface area (Å²) in [6, 6.07) is 6.39. The van der Waals surface area contributed by atoms with Crippen molar-refractivity contribution in [2.24, 2.45) is 0 Å². The summed E-state index contributed by atoms with van der Waals surface area (Å²) in [4.78, 5) is 28.4. The Morgan fingerprint density at radius 2 is 2.00 bits per heavy atom. The number of fused-ring (bicyclic) bond motifs is 1. The van der Waals surface area contributed by atoms with Gasteiger partial charge in [-0.05, 0) is 38.1 Å². The van der Waals surface area contributed by atoms with E-state index in [0.717, 1.165) is 5.75 Å². The molecule has 2 aromatic heterocycles. The quantitative estimate of drug-likeness (QED) is 0.640. The molecule has 0 radical (unpaired) electrons. The van der Waals surface area contributed by atoms with E-state index in [0.29, 0.717) is 17.9 Å². The van der Waals surface area contributed by atoms with Gasteiger partial charge in [-0.3, -0.25) is 9.36 Å². The number of methoxy groups -OCH3 is 1. The second-order valence-corrected chi connectivity index (χ2v) is 5.26. The monoisotopic (exact) mass is 343 g/mol. The molecule has 0 N–H and O–H groups in total. The van der Waals surface area contributed by atoms with Gasteiger partial charge in [-0.25, -0.2) is 9.78 Å². The van der Waals surface area contributed by atoms with Crippen LogP contribution in [0.1, 0.15) is 19.9 Å². The molecule has 25 heavy (non-hydrogen) atoms. The lowest BCUT2D eigenvalue weighted by Gasteiger charge is -2.11. The fourth-order valence-corrected chi connectivity index (χ4v) is 2.41. The predicted molar refractivity (Wildman–Crippen MR) is 88.8 cm³/mol. The number of carbonyl (C=O) groups excluding carboxylic acids is 1. The highest BCUT2D eigenvalue weighted by Crippen LogP contribution is 2.17. The summed E-state index contributed by atoms with van der Waals surface area (Å²) in [6.07, 6.45) is 1.29. The molecule has 2 heterocycles. The maximum atomic E-state index is 12.6. The molecule has 9 heteroatoms.